The van der Waals surface area contributed by atoms with Gasteiger partial charge in [0.1, 0.15) is 25.5 Å². The second-order valence-electron chi connectivity index (χ2n) is 6.38. The molecule has 2 rings (SSSR count). The van der Waals surface area contributed by atoms with E-state index in [0.29, 0.717) is 5.75 Å². The third-order valence-corrected chi connectivity index (χ3v) is 5.72. The molecule has 156 valence electrons. The van der Waals surface area contributed by atoms with Crippen molar-refractivity contribution in [2.45, 2.75) is 11.8 Å². The van der Waals surface area contributed by atoms with E-state index in [-0.39, 0.29) is 30.2 Å². The van der Waals surface area contributed by atoms with E-state index in [1.165, 1.54) is 38.4 Å². The lowest BCUT2D eigenvalue weighted by Crippen LogP contribution is -2.31. The Bertz CT molecular complexity index is 955. The number of carbonyl (C=O) groups excluding carboxylic acids is 2. The number of nitrogens with one attached hydrogen (secondary N) is 1. The average Bonchev–Trinajstić information content (AvgIpc) is 2.70. The van der Waals surface area contributed by atoms with E-state index in [9.17, 15) is 18.0 Å². The highest BCUT2D eigenvalue weighted by Crippen LogP contribution is 2.15. The standard InChI is InChI=1S/C20H24N2O6S/c1-15-7-9-17(10-8-15)27-11-12-28-19(23)14-21-20(24)16-5-4-6-18(13-16)29(25,26)22(2)3/h4-10,13H,11-12,14H2,1-3H3,(H,21,24). The minimum absolute atomic E-state index is 0.00835. The zero-order chi connectivity index (χ0) is 21.4. The van der Waals surface area contributed by atoms with Gasteiger partial charge in [-0.05, 0) is 37.3 Å². The van der Waals surface area contributed by atoms with Crippen LogP contribution in [0.4, 0.5) is 0 Å². The average molecular weight is 420 g/mol. The molecule has 0 spiro atoms. The van der Waals surface area contributed by atoms with E-state index in [4.69, 9.17) is 9.47 Å². The number of ether oxygens (including phenoxy) is 2. The first-order valence-electron chi connectivity index (χ1n) is 8.86. The van der Waals surface area contributed by atoms with Gasteiger partial charge in [-0.1, -0.05) is 23.8 Å². The lowest BCUT2D eigenvalue weighted by atomic mass is 10.2. The second-order valence-corrected chi connectivity index (χ2v) is 8.53. The minimum atomic E-state index is -3.66. The second kappa shape index (κ2) is 10.0. The van der Waals surface area contributed by atoms with E-state index >= 15 is 0 Å². The van der Waals surface area contributed by atoms with Crippen LogP contribution in [0, 0.1) is 6.92 Å². The Hall–Kier alpha value is -2.91. The molecule has 0 aromatic heterocycles. The molecule has 0 heterocycles. The number of hydrogen-bond acceptors (Lipinski definition) is 6. The maximum Gasteiger partial charge on any atom is 0.325 e. The number of hydrogen-bond donors (Lipinski definition) is 1. The Morgan fingerprint density at radius 2 is 1.72 bits per heavy atom. The number of amides is 1. The van der Waals surface area contributed by atoms with Gasteiger partial charge in [-0.2, -0.15) is 0 Å². The molecule has 0 atom stereocenters. The molecule has 29 heavy (non-hydrogen) atoms. The van der Waals surface area contributed by atoms with E-state index in [1.54, 1.807) is 0 Å². The van der Waals surface area contributed by atoms with Crippen LogP contribution in [0.25, 0.3) is 0 Å². The maximum absolute atomic E-state index is 12.2. The Labute approximate surface area is 170 Å². The molecule has 0 saturated carbocycles. The molecule has 0 fully saturated rings. The minimum Gasteiger partial charge on any atom is -0.490 e. The molecule has 0 unspecified atom stereocenters. The molecule has 0 aliphatic heterocycles. The Morgan fingerprint density at radius 1 is 1.03 bits per heavy atom. The Kier molecular flexibility index (Phi) is 7.74. The van der Waals surface area contributed by atoms with Crippen molar-refractivity contribution >= 4 is 21.9 Å². The molecule has 8 nitrogen and oxygen atoms in total. The van der Waals surface area contributed by atoms with E-state index in [1.807, 2.05) is 31.2 Å². The maximum atomic E-state index is 12.2. The summed E-state index contributed by atoms with van der Waals surface area (Å²) < 4.78 is 35.8. The summed E-state index contributed by atoms with van der Waals surface area (Å²) in [6, 6.07) is 13.0. The first-order valence-corrected chi connectivity index (χ1v) is 10.3. The number of benzene rings is 2. The van der Waals surface area contributed by atoms with Gasteiger partial charge in [0.25, 0.3) is 5.91 Å². The van der Waals surface area contributed by atoms with E-state index in [2.05, 4.69) is 5.32 Å². The van der Waals surface area contributed by atoms with Crippen molar-refractivity contribution in [2.24, 2.45) is 0 Å². The van der Waals surface area contributed by atoms with E-state index in [0.717, 1.165) is 9.87 Å². The van der Waals surface area contributed by atoms with Crippen molar-refractivity contribution in [3.63, 3.8) is 0 Å². The topological polar surface area (TPSA) is 102 Å². The fourth-order valence-electron chi connectivity index (χ4n) is 2.26. The summed E-state index contributed by atoms with van der Waals surface area (Å²) in [5, 5.41) is 2.41. The largest absolute Gasteiger partial charge is 0.490 e. The van der Waals surface area contributed by atoms with Gasteiger partial charge in [-0.25, -0.2) is 12.7 Å². The summed E-state index contributed by atoms with van der Waals surface area (Å²) in [5.74, 6) is -0.524. The van der Waals surface area contributed by atoms with Crippen LogP contribution in [0.15, 0.2) is 53.4 Å². The van der Waals surface area contributed by atoms with Gasteiger partial charge in [0, 0.05) is 19.7 Å². The summed E-state index contributed by atoms with van der Waals surface area (Å²) in [7, 11) is -0.850. The predicted molar refractivity (Wildman–Crippen MR) is 107 cm³/mol. The van der Waals surface area contributed by atoms with Gasteiger partial charge >= 0.3 is 5.97 Å². The molecule has 2 aromatic carbocycles. The molecule has 2 aromatic rings. The number of carbonyl (C=O) groups is 2. The van der Waals surface area contributed by atoms with E-state index < -0.39 is 21.9 Å². The highest BCUT2D eigenvalue weighted by Gasteiger charge is 2.19. The molecule has 0 radical (unpaired) electrons. The van der Waals surface area contributed by atoms with Crippen molar-refractivity contribution in [3.05, 3.63) is 59.7 Å². The fraction of sp³-hybridized carbons (Fsp3) is 0.300. The summed E-state index contributed by atoms with van der Waals surface area (Å²) in [6.45, 7) is 1.86. The summed E-state index contributed by atoms with van der Waals surface area (Å²) in [4.78, 5) is 23.9. The van der Waals surface area contributed by atoms with Crippen molar-refractivity contribution in [2.75, 3.05) is 33.9 Å². The highest BCUT2D eigenvalue weighted by atomic mass is 32.2. The van der Waals surface area contributed by atoms with Gasteiger partial charge in [0.05, 0.1) is 4.90 Å². The van der Waals surface area contributed by atoms with Crippen LogP contribution in [0.1, 0.15) is 15.9 Å². The summed E-state index contributed by atoms with van der Waals surface area (Å²) >= 11 is 0. The Morgan fingerprint density at radius 3 is 2.38 bits per heavy atom. The first kappa shape index (κ1) is 22.4. The third-order valence-electron chi connectivity index (χ3n) is 3.90. The van der Waals surface area contributed by atoms with Gasteiger partial charge in [0.15, 0.2) is 0 Å². The van der Waals surface area contributed by atoms with Crippen LogP contribution in [0.3, 0.4) is 0 Å². The van der Waals surface area contributed by atoms with Gasteiger partial charge < -0.3 is 14.8 Å². The molecule has 1 N–H and O–H groups in total. The van der Waals surface area contributed by atoms with Crippen LogP contribution in [-0.4, -0.2) is 58.5 Å². The molecular formula is C20H24N2O6S. The van der Waals surface area contributed by atoms with Crippen LogP contribution >= 0.6 is 0 Å². The number of nitrogens with zero attached hydrogens (tertiary/aromatic N) is 1. The summed E-state index contributed by atoms with van der Waals surface area (Å²) in [6.07, 6.45) is 0. The highest BCUT2D eigenvalue weighted by molar-refractivity contribution is 7.89. The van der Waals surface area contributed by atoms with Gasteiger partial charge in [-0.15, -0.1) is 0 Å². The SMILES string of the molecule is Cc1ccc(OCCOC(=O)CNC(=O)c2cccc(S(=O)(=O)N(C)C)c2)cc1. The van der Waals surface area contributed by atoms with Crippen molar-refractivity contribution in [1.29, 1.82) is 0 Å². The smallest absolute Gasteiger partial charge is 0.325 e. The molecule has 0 saturated heterocycles. The van der Waals surface area contributed by atoms with Crippen LogP contribution < -0.4 is 10.1 Å². The normalized spacial score (nSPS) is 11.2. The van der Waals surface area contributed by atoms with Crippen LogP contribution in [0.2, 0.25) is 0 Å². The van der Waals surface area contributed by atoms with Crippen molar-refractivity contribution in [1.82, 2.24) is 9.62 Å². The van der Waals surface area contributed by atoms with Crippen LogP contribution in [0.5, 0.6) is 5.75 Å². The predicted octanol–water partition coefficient (Wildman–Crippen LogP) is 1.60. The number of aryl methyl sites for hydroxylation is 1. The third kappa shape index (κ3) is 6.58. The molecule has 0 aliphatic carbocycles. The lowest BCUT2D eigenvalue weighted by molar-refractivity contribution is -0.143. The molecule has 9 heteroatoms. The zero-order valence-electron chi connectivity index (χ0n) is 16.5. The number of sulfonamides is 1. The van der Waals surface area contributed by atoms with Crippen LogP contribution in [-0.2, 0) is 19.6 Å². The van der Waals surface area contributed by atoms with Crippen molar-refractivity contribution in [3.8, 4) is 5.75 Å². The quantitative estimate of drug-likeness (QED) is 0.488. The van der Waals surface area contributed by atoms with Gasteiger partial charge in [0.2, 0.25) is 10.0 Å². The zero-order valence-corrected chi connectivity index (χ0v) is 17.4. The lowest BCUT2D eigenvalue weighted by Gasteiger charge is -2.12. The molecule has 0 aliphatic rings. The fourth-order valence-corrected chi connectivity index (χ4v) is 3.21. The number of esters is 1. The Balaban J connectivity index is 1.78. The molecular weight excluding hydrogens is 396 g/mol. The van der Waals surface area contributed by atoms with Crippen molar-refractivity contribution < 1.29 is 27.5 Å². The van der Waals surface area contributed by atoms with Gasteiger partial charge in [-0.3, -0.25) is 9.59 Å². The molecule has 1 amide bonds. The monoisotopic (exact) mass is 420 g/mol. The molecule has 0 bridgehead atoms. The summed E-state index contributed by atoms with van der Waals surface area (Å²) in [5.41, 5.74) is 1.24. The first-order chi connectivity index (χ1) is 13.7. The number of rotatable bonds is 9.